The lowest BCUT2D eigenvalue weighted by Gasteiger charge is -2.07. The summed E-state index contributed by atoms with van der Waals surface area (Å²) in [5.41, 5.74) is 1.29. The van der Waals surface area contributed by atoms with Crippen molar-refractivity contribution in [3.05, 3.63) is 59.9 Å². The van der Waals surface area contributed by atoms with E-state index in [2.05, 4.69) is 10.1 Å². The van der Waals surface area contributed by atoms with Crippen LogP contribution in [0, 0.1) is 5.82 Å². The second-order valence-corrected chi connectivity index (χ2v) is 5.56. The van der Waals surface area contributed by atoms with Gasteiger partial charge in [0.05, 0.1) is 5.75 Å². The van der Waals surface area contributed by atoms with Gasteiger partial charge in [0, 0.05) is 11.4 Å². The number of halogens is 3. The molecular weight excluding hydrogens is 327 g/mol. The Hall–Kier alpha value is -2.15. The Morgan fingerprint density at radius 1 is 1.17 bits per heavy atom. The van der Waals surface area contributed by atoms with Crippen LogP contribution >= 0.6 is 11.8 Å². The lowest BCUT2D eigenvalue weighted by molar-refractivity contribution is -0.113. The number of thioether (sulfide) groups is 1. The number of nitrogens with one attached hydrogen (secondary N) is 1. The van der Waals surface area contributed by atoms with Crippen molar-refractivity contribution >= 4 is 23.4 Å². The van der Waals surface area contributed by atoms with Gasteiger partial charge in [-0.15, -0.1) is 11.8 Å². The standard InChI is InChI=1S/C16H14F3NO2S/c17-12-3-1-2-11(8-12)9-23-10-15(21)20-13-4-6-14(7-5-13)22-16(18)19/h1-8,16H,9-10H2,(H,20,21). The van der Waals surface area contributed by atoms with E-state index in [0.717, 1.165) is 5.56 Å². The van der Waals surface area contributed by atoms with E-state index in [4.69, 9.17) is 0 Å². The van der Waals surface area contributed by atoms with E-state index in [9.17, 15) is 18.0 Å². The molecule has 0 aromatic heterocycles. The maximum atomic E-state index is 13.0. The second-order valence-electron chi connectivity index (χ2n) is 4.57. The topological polar surface area (TPSA) is 38.3 Å². The summed E-state index contributed by atoms with van der Waals surface area (Å²) in [5, 5.41) is 2.64. The largest absolute Gasteiger partial charge is 0.435 e. The van der Waals surface area contributed by atoms with E-state index in [-0.39, 0.29) is 23.2 Å². The molecule has 0 saturated carbocycles. The number of hydrogen-bond donors (Lipinski definition) is 1. The number of alkyl halides is 2. The summed E-state index contributed by atoms with van der Waals surface area (Å²) in [7, 11) is 0. The molecule has 0 unspecified atom stereocenters. The Morgan fingerprint density at radius 3 is 2.57 bits per heavy atom. The highest BCUT2D eigenvalue weighted by molar-refractivity contribution is 7.99. The smallest absolute Gasteiger partial charge is 0.387 e. The van der Waals surface area contributed by atoms with Gasteiger partial charge in [-0.3, -0.25) is 4.79 Å². The van der Waals surface area contributed by atoms with Gasteiger partial charge in [0.2, 0.25) is 5.91 Å². The van der Waals surface area contributed by atoms with Gasteiger partial charge in [-0.25, -0.2) is 4.39 Å². The minimum absolute atomic E-state index is 0.0264. The van der Waals surface area contributed by atoms with Crippen LogP contribution in [0.15, 0.2) is 48.5 Å². The maximum absolute atomic E-state index is 13.0. The van der Waals surface area contributed by atoms with Crippen molar-refractivity contribution in [2.24, 2.45) is 0 Å². The van der Waals surface area contributed by atoms with Crippen LogP contribution in [0.1, 0.15) is 5.56 Å². The van der Waals surface area contributed by atoms with Gasteiger partial charge in [-0.2, -0.15) is 8.78 Å². The highest BCUT2D eigenvalue weighted by Gasteiger charge is 2.06. The summed E-state index contributed by atoms with van der Waals surface area (Å²) in [4.78, 5) is 11.8. The zero-order valence-electron chi connectivity index (χ0n) is 12.0. The van der Waals surface area contributed by atoms with Crippen molar-refractivity contribution in [1.29, 1.82) is 0 Å². The first kappa shape index (κ1) is 17.2. The minimum Gasteiger partial charge on any atom is -0.435 e. The summed E-state index contributed by atoms with van der Waals surface area (Å²) in [6.45, 7) is -2.88. The molecule has 1 amide bonds. The molecule has 2 rings (SSSR count). The van der Waals surface area contributed by atoms with Crippen LogP contribution in [0.4, 0.5) is 18.9 Å². The van der Waals surface area contributed by atoms with Crippen LogP contribution in [-0.4, -0.2) is 18.3 Å². The molecular formula is C16H14F3NO2S. The molecule has 0 heterocycles. The molecule has 2 aromatic rings. The quantitative estimate of drug-likeness (QED) is 0.816. The molecule has 122 valence electrons. The first-order valence-corrected chi connectivity index (χ1v) is 7.85. The molecule has 0 saturated heterocycles. The number of ether oxygens (including phenoxy) is 1. The summed E-state index contributed by atoms with van der Waals surface area (Å²) in [5.74, 6) is 0.212. The first-order valence-electron chi connectivity index (χ1n) is 6.70. The molecule has 0 spiro atoms. The van der Waals surface area contributed by atoms with Gasteiger partial charge in [-0.1, -0.05) is 12.1 Å². The van der Waals surface area contributed by atoms with Gasteiger partial charge in [0.25, 0.3) is 0 Å². The fourth-order valence-corrected chi connectivity index (χ4v) is 2.58. The molecule has 0 fully saturated rings. The number of carbonyl (C=O) groups excluding carboxylic acids is 1. The Kier molecular flexibility index (Phi) is 6.34. The van der Waals surface area contributed by atoms with Crippen molar-refractivity contribution in [2.45, 2.75) is 12.4 Å². The van der Waals surface area contributed by atoms with E-state index < -0.39 is 6.61 Å². The van der Waals surface area contributed by atoms with E-state index in [1.165, 1.54) is 48.2 Å². The van der Waals surface area contributed by atoms with Crippen molar-refractivity contribution < 1.29 is 22.7 Å². The average Bonchev–Trinajstić information content (AvgIpc) is 2.49. The fourth-order valence-electron chi connectivity index (χ4n) is 1.81. The Labute approximate surface area is 135 Å². The monoisotopic (exact) mass is 341 g/mol. The van der Waals surface area contributed by atoms with Crippen LogP contribution < -0.4 is 10.1 Å². The van der Waals surface area contributed by atoms with Gasteiger partial charge in [0.1, 0.15) is 11.6 Å². The van der Waals surface area contributed by atoms with Crippen LogP contribution in [0.5, 0.6) is 5.75 Å². The molecule has 0 radical (unpaired) electrons. The second kappa shape index (κ2) is 8.47. The first-order chi connectivity index (χ1) is 11.0. The number of rotatable bonds is 7. The highest BCUT2D eigenvalue weighted by atomic mass is 32.2. The molecule has 23 heavy (non-hydrogen) atoms. The van der Waals surface area contributed by atoms with E-state index in [1.807, 2.05) is 0 Å². The molecule has 7 heteroatoms. The third-order valence-electron chi connectivity index (χ3n) is 2.75. The normalized spacial score (nSPS) is 10.6. The zero-order valence-corrected chi connectivity index (χ0v) is 12.8. The van der Waals surface area contributed by atoms with Gasteiger partial charge >= 0.3 is 6.61 Å². The van der Waals surface area contributed by atoms with Crippen molar-refractivity contribution in [2.75, 3.05) is 11.1 Å². The summed E-state index contributed by atoms with van der Waals surface area (Å²) in [6, 6.07) is 11.8. The third kappa shape index (κ3) is 6.23. The van der Waals surface area contributed by atoms with Crippen LogP contribution in [-0.2, 0) is 10.5 Å². The van der Waals surface area contributed by atoms with E-state index in [1.54, 1.807) is 12.1 Å². The zero-order chi connectivity index (χ0) is 16.7. The molecule has 1 N–H and O–H groups in total. The number of amides is 1. The van der Waals surface area contributed by atoms with Crippen molar-refractivity contribution in [3.8, 4) is 5.75 Å². The number of hydrogen-bond acceptors (Lipinski definition) is 3. The number of benzene rings is 2. The molecule has 3 nitrogen and oxygen atoms in total. The van der Waals surface area contributed by atoms with Crippen LogP contribution in [0.25, 0.3) is 0 Å². The SMILES string of the molecule is O=C(CSCc1cccc(F)c1)Nc1ccc(OC(F)F)cc1. The van der Waals surface area contributed by atoms with Crippen molar-refractivity contribution in [3.63, 3.8) is 0 Å². The number of anilines is 1. The molecule has 0 bridgehead atoms. The lowest BCUT2D eigenvalue weighted by Crippen LogP contribution is -2.14. The molecule has 2 aromatic carbocycles. The predicted octanol–water partition coefficient (Wildman–Crippen LogP) is 4.30. The molecule has 0 aliphatic heterocycles. The van der Waals surface area contributed by atoms with E-state index >= 15 is 0 Å². The minimum atomic E-state index is -2.88. The lowest BCUT2D eigenvalue weighted by atomic mass is 10.2. The van der Waals surface area contributed by atoms with Crippen LogP contribution in [0.2, 0.25) is 0 Å². The van der Waals surface area contributed by atoms with E-state index in [0.29, 0.717) is 11.4 Å². The fraction of sp³-hybridized carbons (Fsp3) is 0.188. The highest BCUT2D eigenvalue weighted by Crippen LogP contribution is 2.18. The van der Waals surface area contributed by atoms with Crippen molar-refractivity contribution in [1.82, 2.24) is 0 Å². The average molecular weight is 341 g/mol. The third-order valence-corrected chi connectivity index (χ3v) is 3.76. The van der Waals surface area contributed by atoms with Gasteiger partial charge in [0.15, 0.2) is 0 Å². The molecule has 0 aliphatic carbocycles. The summed E-state index contributed by atoms with van der Waals surface area (Å²) >= 11 is 1.35. The number of carbonyl (C=O) groups is 1. The summed E-state index contributed by atoms with van der Waals surface area (Å²) in [6.07, 6.45) is 0. The Bertz CT molecular complexity index is 650. The maximum Gasteiger partial charge on any atom is 0.387 e. The predicted molar refractivity (Wildman–Crippen MR) is 84.3 cm³/mol. The Morgan fingerprint density at radius 2 is 1.91 bits per heavy atom. The molecule has 0 atom stereocenters. The van der Waals surface area contributed by atoms with Gasteiger partial charge in [-0.05, 0) is 42.0 Å². The summed E-state index contributed by atoms with van der Waals surface area (Å²) < 4.78 is 41.3. The van der Waals surface area contributed by atoms with Crippen LogP contribution in [0.3, 0.4) is 0 Å². The Balaban J connectivity index is 1.76. The molecule has 0 aliphatic rings. The van der Waals surface area contributed by atoms with Gasteiger partial charge < -0.3 is 10.1 Å².